The molecule has 0 bridgehead atoms. The molecule has 0 amide bonds. The molecule has 1 saturated carbocycles. The van der Waals surface area contributed by atoms with Crippen LogP contribution < -0.4 is 0 Å². The first-order valence-electron chi connectivity index (χ1n) is 5.80. The maximum atomic E-state index is 8.84. The van der Waals surface area contributed by atoms with Crippen LogP contribution in [0.15, 0.2) is 10.3 Å². The Morgan fingerprint density at radius 1 is 0.600 bits per heavy atom. The highest BCUT2D eigenvalue weighted by Gasteiger charge is 2.11. The van der Waals surface area contributed by atoms with Crippen LogP contribution in [-0.4, -0.2) is 21.8 Å². The molecule has 0 spiro atoms. The smallest absolute Gasteiger partial charge is 0.104 e. The van der Waals surface area contributed by atoms with Crippen molar-refractivity contribution in [2.45, 2.75) is 57.8 Å². The van der Waals surface area contributed by atoms with Gasteiger partial charge in [0.25, 0.3) is 0 Å². The molecule has 0 aromatic rings. The van der Waals surface area contributed by atoms with E-state index in [2.05, 4.69) is 10.3 Å². The van der Waals surface area contributed by atoms with Gasteiger partial charge in [-0.2, -0.15) is 0 Å². The van der Waals surface area contributed by atoms with E-state index in [1.165, 1.54) is 19.3 Å². The highest BCUT2D eigenvalue weighted by molar-refractivity contribution is 6.42. The molecular formula is C11H20N2O2. The number of rotatable bonds is 0. The molecule has 1 fully saturated rings. The Morgan fingerprint density at radius 3 is 1.27 bits per heavy atom. The average molecular weight is 212 g/mol. The van der Waals surface area contributed by atoms with E-state index in [1.54, 1.807) is 0 Å². The minimum absolute atomic E-state index is 0.555. The summed E-state index contributed by atoms with van der Waals surface area (Å²) < 4.78 is 0. The molecule has 0 aromatic carbocycles. The Hall–Kier alpha value is -1.06. The summed E-state index contributed by atoms with van der Waals surface area (Å²) in [4.78, 5) is 0. The Balaban J connectivity index is 2.57. The molecule has 0 saturated heterocycles. The first-order chi connectivity index (χ1) is 7.38. The lowest BCUT2D eigenvalue weighted by atomic mass is 10.0. The fourth-order valence-corrected chi connectivity index (χ4v) is 1.97. The Morgan fingerprint density at radius 2 is 0.933 bits per heavy atom. The van der Waals surface area contributed by atoms with Crippen molar-refractivity contribution < 1.29 is 10.4 Å². The predicted octanol–water partition coefficient (Wildman–Crippen LogP) is 3.17. The van der Waals surface area contributed by atoms with Gasteiger partial charge in [-0.25, -0.2) is 0 Å². The molecule has 0 aromatic heterocycles. The standard InChI is InChI=1S/C11H20N2O2/c14-12-10-8-6-4-2-1-3-5-7-9-11(10)13-15/h14-15H,1-9H2/b12-10-,13-11+. The van der Waals surface area contributed by atoms with Gasteiger partial charge in [0.1, 0.15) is 11.4 Å². The molecule has 0 aliphatic heterocycles. The number of hydrogen-bond donors (Lipinski definition) is 2. The van der Waals surface area contributed by atoms with Gasteiger partial charge in [0.2, 0.25) is 0 Å². The number of oxime groups is 2. The summed E-state index contributed by atoms with van der Waals surface area (Å²) in [6, 6.07) is 0. The van der Waals surface area contributed by atoms with Gasteiger partial charge in [-0.15, -0.1) is 0 Å². The van der Waals surface area contributed by atoms with Crippen molar-refractivity contribution in [1.82, 2.24) is 0 Å². The van der Waals surface area contributed by atoms with Crippen LogP contribution in [-0.2, 0) is 0 Å². The molecule has 86 valence electrons. The Bertz CT molecular complexity index is 213. The summed E-state index contributed by atoms with van der Waals surface area (Å²) in [5.41, 5.74) is 1.11. The van der Waals surface area contributed by atoms with E-state index in [1.807, 2.05) is 0 Å². The fraction of sp³-hybridized carbons (Fsp3) is 0.818. The SMILES string of the molecule is O/N=C1/CCCCCCCCC/C1=N\O. The summed E-state index contributed by atoms with van der Waals surface area (Å²) >= 11 is 0. The average Bonchev–Trinajstić information content (AvgIpc) is 2.32. The van der Waals surface area contributed by atoms with Crippen LogP contribution in [0.2, 0.25) is 0 Å². The van der Waals surface area contributed by atoms with Crippen molar-refractivity contribution in [2.24, 2.45) is 10.3 Å². The third-order valence-electron chi connectivity index (χ3n) is 2.90. The zero-order chi connectivity index (χ0) is 10.9. The van der Waals surface area contributed by atoms with E-state index in [0.717, 1.165) is 38.5 Å². The van der Waals surface area contributed by atoms with E-state index in [9.17, 15) is 0 Å². The molecule has 0 atom stereocenters. The molecule has 1 aliphatic rings. The van der Waals surface area contributed by atoms with Gasteiger partial charge in [0.15, 0.2) is 0 Å². The van der Waals surface area contributed by atoms with Crippen molar-refractivity contribution in [1.29, 1.82) is 0 Å². The van der Waals surface area contributed by atoms with Crippen molar-refractivity contribution in [3.8, 4) is 0 Å². The van der Waals surface area contributed by atoms with E-state index in [0.29, 0.717) is 11.4 Å². The van der Waals surface area contributed by atoms with Crippen molar-refractivity contribution in [3.63, 3.8) is 0 Å². The molecule has 2 N–H and O–H groups in total. The van der Waals surface area contributed by atoms with Crippen LogP contribution in [0.5, 0.6) is 0 Å². The zero-order valence-corrected chi connectivity index (χ0v) is 9.15. The van der Waals surface area contributed by atoms with Gasteiger partial charge in [0.05, 0.1) is 0 Å². The normalized spacial score (nSPS) is 26.4. The van der Waals surface area contributed by atoms with Gasteiger partial charge < -0.3 is 10.4 Å². The molecule has 4 nitrogen and oxygen atoms in total. The number of nitrogens with zero attached hydrogens (tertiary/aromatic N) is 2. The molecule has 4 heteroatoms. The summed E-state index contributed by atoms with van der Waals surface area (Å²) in [6.45, 7) is 0. The topological polar surface area (TPSA) is 65.2 Å². The maximum Gasteiger partial charge on any atom is 0.104 e. The van der Waals surface area contributed by atoms with Gasteiger partial charge in [-0.3, -0.25) is 0 Å². The predicted molar refractivity (Wildman–Crippen MR) is 60.0 cm³/mol. The second-order valence-electron chi connectivity index (χ2n) is 4.07. The van der Waals surface area contributed by atoms with Crippen molar-refractivity contribution >= 4 is 11.4 Å². The molecule has 15 heavy (non-hydrogen) atoms. The quantitative estimate of drug-likeness (QED) is 0.478. The summed E-state index contributed by atoms with van der Waals surface area (Å²) in [6.07, 6.45) is 9.59. The Kier molecular flexibility index (Phi) is 5.81. The molecule has 0 heterocycles. The van der Waals surface area contributed by atoms with Gasteiger partial charge >= 0.3 is 0 Å². The molecule has 1 rings (SSSR count). The van der Waals surface area contributed by atoms with Gasteiger partial charge in [0, 0.05) is 0 Å². The van der Waals surface area contributed by atoms with Crippen LogP contribution in [0.1, 0.15) is 57.8 Å². The van der Waals surface area contributed by atoms with Crippen LogP contribution >= 0.6 is 0 Å². The van der Waals surface area contributed by atoms with Gasteiger partial charge in [-0.05, 0) is 25.7 Å². The maximum absolute atomic E-state index is 8.84. The van der Waals surface area contributed by atoms with E-state index < -0.39 is 0 Å². The first-order valence-corrected chi connectivity index (χ1v) is 5.80. The molecular weight excluding hydrogens is 192 g/mol. The van der Waals surface area contributed by atoms with Crippen LogP contribution in [0.4, 0.5) is 0 Å². The third-order valence-corrected chi connectivity index (χ3v) is 2.90. The minimum atomic E-state index is 0.555. The monoisotopic (exact) mass is 212 g/mol. The highest BCUT2D eigenvalue weighted by atomic mass is 16.4. The zero-order valence-electron chi connectivity index (χ0n) is 9.15. The van der Waals surface area contributed by atoms with E-state index in [4.69, 9.17) is 10.4 Å². The van der Waals surface area contributed by atoms with Crippen LogP contribution in [0.25, 0.3) is 0 Å². The summed E-state index contributed by atoms with van der Waals surface area (Å²) in [5, 5.41) is 24.1. The lowest BCUT2D eigenvalue weighted by Gasteiger charge is -2.04. The largest absolute Gasteiger partial charge is 0.411 e. The molecule has 1 aliphatic carbocycles. The van der Waals surface area contributed by atoms with Crippen molar-refractivity contribution in [3.05, 3.63) is 0 Å². The Labute approximate surface area is 90.7 Å². The first kappa shape index (κ1) is 12.0. The lowest BCUT2D eigenvalue weighted by Crippen LogP contribution is -2.14. The lowest BCUT2D eigenvalue weighted by molar-refractivity contribution is 0.312. The highest BCUT2D eigenvalue weighted by Crippen LogP contribution is 2.14. The number of hydrogen-bond acceptors (Lipinski definition) is 4. The fourth-order valence-electron chi connectivity index (χ4n) is 1.97. The molecule has 0 unspecified atom stereocenters. The van der Waals surface area contributed by atoms with Crippen LogP contribution in [0.3, 0.4) is 0 Å². The minimum Gasteiger partial charge on any atom is -0.411 e. The molecule has 0 radical (unpaired) electrons. The van der Waals surface area contributed by atoms with E-state index in [-0.39, 0.29) is 0 Å². The summed E-state index contributed by atoms with van der Waals surface area (Å²) in [5.74, 6) is 0. The second kappa shape index (κ2) is 7.26. The third kappa shape index (κ3) is 4.32. The van der Waals surface area contributed by atoms with Gasteiger partial charge in [-0.1, -0.05) is 42.4 Å². The van der Waals surface area contributed by atoms with E-state index >= 15 is 0 Å². The van der Waals surface area contributed by atoms with Crippen LogP contribution in [0, 0.1) is 0 Å². The van der Waals surface area contributed by atoms with Crippen molar-refractivity contribution in [2.75, 3.05) is 0 Å². The second-order valence-corrected chi connectivity index (χ2v) is 4.07. The summed E-state index contributed by atoms with van der Waals surface area (Å²) in [7, 11) is 0.